The van der Waals surface area contributed by atoms with Crippen LogP contribution in [0.2, 0.25) is 0 Å². The normalized spacial score (nSPS) is 11.5. The molecule has 0 amide bonds. The molecule has 0 aliphatic carbocycles. The molecule has 0 fully saturated rings. The van der Waals surface area contributed by atoms with E-state index in [4.69, 9.17) is 0 Å². The first-order chi connectivity index (χ1) is 8.38. The highest BCUT2D eigenvalue weighted by Crippen LogP contribution is 2.22. The van der Waals surface area contributed by atoms with Crippen LogP contribution in [0.3, 0.4) is 0 Å². The standard InChI is InChI=1S/C11H12BrN3O2S/c1-8-5-9(12)3-4-11(8)14-18(16,17)10-6-13-15(2)7-10/h3-7,14H,1-2H3. The van der Waals surface area contributed by atoms with Crippen LogP contribution in [0, 0.1) is 6.92 Å². The van der Waals surface area contributed by atoms with E-state index in [0.717, 1.165) is 10.0 Å². The fourth-order valence-corrected chi connectivity index (χ4v) is 3.07. The summed E-state index contributed by atoms with van der Waals surface area (Å²) in [5.74, 6) is 0. The van der Waals surface area contributed by atoms with E-state index < -0.39 is 10.0 Å². The number of nitrogens with zero attached hydrogens (tertiary/aromatic N) is 2. The molecule has 0 bridgehead atoms. The van der Waals surface area contributed by atoms with Gasteiger partial charge in [0.1, 0.15) is 4.90 Å². The average Bonchev–Trinajstić information content (AvgIpc) is 2.70. The molecule has 2 aromatic rings. The van der Waals surface area contributed by atoms with Gasteiger partial charge in [-0.25, -0.2) is 8.42 Å². The van der Waals surface area contributed by atoms with Gasteiger partial charge in [0.15, 0.2) is 0 Å². The summed E-state index contributed by atoms with van der Waals surface area (Å²) in [6, 6.07) is 5.35. The number of hydrogen-bond donors (Lipinski definition) is 1. The smallest absolute Gasteiger partial charge is 0.265 e. The van der Waals surface area contributed by atoms with E-state index in [2.05, 4.69) is 25.8 Å². The van der Waals surface area contributed by atoms with E-state index in [1.165, 1.54) is 17.1 Å². The summed E-state index contributed by atoms with van der Waals surface area (Å²) in [4.78, 5) is 0.146. The number of rotatable bonds is 3. The Morgan fingerprint density at radius 1 is 1.39 bits per heavy atom. The topological polar surface area (TPSA) is 64.0 Å². The van der Waals surface area contributed by atoms with Gasteiger partial charge in [0.25, 0.3) is 10.0 Å². The predicted molar refractivity (Wildman–Crippen MR) is 72.9 cm³/mol. The van der Waals surface area contributed by atoms with Crippen molar-refractivity contribution in [2.75, 3.05) is 4.72 Å². The second-order valence-electron chi connectivity index (χ2n) is 3.91. The molecule has 0 aliphatic rings. The van der Waals surface area contributed by atoms with Gasteiger partial charge in [-0.2, -0.15) is 5.10 Å². The predicted octanol–water partition coefficient (Wildman–Crippen LogP) is 2.29. The maximum absolute atomic E-state index is 12.1. The summed E-state index contributed by atoms with van der Waals surface area (Å²) >= 11 is 3.33. The van der Waals surface area contributed by atoms with Crippen LogP contribution in [-0.4, -0.2) is 18.2 Å². The molecule has 1 aromatic heterocycles. The Morgan fingerprint density at radius 2 is 2.11 bits per heavy atom. The fourth-order valence-electron chi connectivity index (χ4n) is 1.48. The van der Waals surface area contributed by atoms with Gasteiger partial charge in [-0.05, 0) is 30.7 Å². The summed E-state index contributed by atoms with van der Waals surface area (Å²) in [5, 5.41) is 3.85. The van der Waals surface area contributed by atoms with Gasteiger partial charge in [-0.3, -0.25) is 9.40 Å². The van der Waals surface area contributed by atoms with Crippen molar-refractivity contribution in [3.05, 3.63) is 40.6 Å². The number of anilines is 1. The van der Waals surface area contributed by atoms with Gasteiger partial charge >= 0.3 is 0 Å². The molecule has 0 saturated heterocycles. The van der Waals surface area contributed by atoms with Crippen LogP contribution < -0.4 is 4.72 Å². The lowest BCUT2D eigenvalue weighted by Crippen LogP contribution is -2.13. The highest BCUT2D eigenvalue weighted by molar-refractivity contribution is 9.10. The minimum Gasteiger partial charge on any atom is -0.279 e. The Hall–Kier alpha value is -1.34. The number of sulfonamides is 1. The van der Waals surface area contributed by atoms with Crippen LogP contribution in [0.1, 0.15) is 5.56 Å². The highest BCUT2D eigenvalue weighted by Gasteiger charge is 2.16. The van der Waals surface area contributed by atoms with Gasteiger partial charge < -0.3 is 0 Å². The van der Waals surface area contributed by atoms with Gasteiger partial charge in [-0.1, -0.05) is 15.9 Å². The van der Waals surface area contributed by atoms with Crippen LogP contribution in [-0.2, 0) is 17.1 Å². The summed E-state index contributed by atoms with van der Waals surface area (Å²) in [6.45, 7) is 1.84. The Balaban J connectivity index is 2.33. The summed E-state index contributed by atoms with van der Waals surface area (Å²) < 4.78 is 29.0. The molecule has 0 radical (unpaired) electrons. The monoisotopic (exact) mass is 329 g/mol. The third-order valence-corrected chi connectivity index (χ3v) is 4.24. The zero-order chi connectivity index (χ0) is 13.3. The average molecular weight is 330 g/mol. The van der Waals surface area contributed by atoms with Gasteiger partial charge in [0.05, 0.1) is 11.9 Å². The summed E-state index contributed by atoms with van der Waals surface area (Å²) in [7, 11) is -1.91. The number of hydrogen-bond acceptors (Lipinski definition) is 3. The molecule has 7 heteroatoms. The minimum atomic E-state index is -3.58. The number of aromatic nitrogens is 2. The summed E-state index contributed by atoms with van der Waals surface area (Å²) in [6.07, 6.45) is 2.77. The lowest BCUT2D eigenvalue weighted by Gasteiger charge is -2.09. The SMILES string of the molecule is Cc1cc(Br)ccc1NS(=O)(=O)c1cnn(C)c1. The minimum absolute atomic E-state index is 0.146. The molecular formula is C11H12BrN3O2S. The van der Waals surface area contributed by atoms with Gasteiger partial charge in [-0.15, -0.1) is 0 Å². The van der Waals surface area contributed by atoms with Crippen LogP contribution in [0.5, 0.6) is 0 Å². The second kappa shape index (κ2) is 4.74. The number of benzene rings is 1. The molecular weight excluding hydrogens is 318 g/mol. The van der Waals surface area contributed by atoms with E-state index in [1.807, 2.05) is 13.0 Å². The molecule has 18 heavy (non-hydrogen) atoms. The lowest BCUT2D eigenvalue weighted by molar-refractivity contribution is 0.601. The lowest BCUT2D eigenvalue weighted by atomic mass is 10.2. The third-order valence-electron chi connectivity index (χ3n) is 2.42. The zero-order valence-electron chi connectivity index (χ0n) is 9.88. The van der Waals surface area contributed by atoms with Crippen LogP contribution in [0.15, 0.2) is 40.0 Å². The van der Waals surface area contributed by atoms with Crippen LogP contribution in [0.25, 0.3) is 0 Å². The molecule has 0 spiro atoms. The van der Waals surface area contributed by atoms with Crippen molar-refractivity contribution in [1.82, 2.24) is 9.78 Å². The van der Waals surface area contributed by atoms with Crippen molar-refractivity contribution in [2.24, 2.45) is 7.05 Å². The summed E-state index contributed by atoms with van der Waals surface area (Å²) in [5.41, 5.74) is 1.40. The van der Waals surface area contributed by atoms with Gasteiger partial charge in [0.2, 0.25) is 0 Å². The largest absolute Gasteiger partial charge is 0.279 e. The Morgan fingerprint density at radius 3 is 2.67 bits per heavy atom. The van der Waals surface area contributed by atoms with Crippen molar-refractivity contribution < 1.29 is 8.42 Å². The van der Waals surface area contributed by atoms with Crippen molar-refractivity contribution in [3.8, 4) is 0 Å². The quantitative estimate of drug-likeness (QED) is 0.939. The van der Waals surface area contributed by atoms with E-state index in [-0.39, 0.29) is 4.90 Å². The maximum Gasteiger partial charge on any atom is 0.265 e. The molecule has 1 heterocycles. The first-order valence-electron chi connectivity index (χ1n) is 5.16. The molecule has 1 aromatic carbocycles. The van der Waals surface area contributed by atoms with Gasteiger partial charge in [0, 0.05) is 17.7 Å². The first kappa shape index (κ1) is 13.1. The van der Waals surface area contributed by atoms with E-state index >= 15 is 0 Å². The Bertz CT molecular complexity index is 679. The van der Waals surface area contributed by atoms with Crippen LogP contribution >= 0.6 is 15.9 Å². The van der Waals surface area contributed by atoms with E-state index in [0.29, 0.717) is 5.69 Å². The number of nitrogens with one attached hydrogen (secondary N) is 1. The maximum atomic E-state index is 12.1. The first-order valence-corrected chi connectivity index (χ1v) is 7.44. The van der Waals surface area contributed by atoms with E-state index in [1.54, 1.807) is 19.2 Å². The zero-order valence-corrected chi connectivity index (χ0v) is 12.3. The fraction of sp³-hybridized carbons (Fsp3) is 0.182. The third kappa shape index (κ3) is 2.73. The number of aryl methyl sites for hydroxylation is 2. The molecule has 96 valence electrons. The molecule has 5 nitrogen and oxygen atoms in total. The number of halogens is 1. The van der Waals surface area contributed by atoms with E-state index in [9.17, 15) is 8.42 Å². The van der Waals surface area contributed by atoms with Crippen molar-refractivity contribution in [3.63, 3.8) is 0 Å². The van der Waals surface area contributed by atoms with Crippen molar-refractivity contribution in [2.45, 2.75) is 11.8 Å². The Labute approximate surface area is 114 Å². The van der Waals surface area contributed by atoms with Crippen molar-refractivity contribution in [1.29, 1.82) is 0 Å². The molecule has 0 atom stereocenters. The molecule has 0 saturated carbocycles. The Kier molecular flexibility index (Phi) is 3.45. The highest BCUT2D eigenvalue weighted by atomic mass is 79.9. The molecule has 0 unspecified atom stereocenters. The molecule has 0 aliphatic heterocycles. The van der Waals surface area contributed by atoms with Crippen molar-refractivity contribution >= 4 is 31.6 Å². The van der Waals surface area contributed by atoms with Crippen LogP contribution in [0.4, 0.5) is 5.69 Å². The molecule has 2 rings (SSSR count). The second-order valence-corrected chi connectivity index (χ2v) is 6.51. The molecule has 1 N–H and O–H groups in total.